The van der Waals surface area contributed by atoms with E-state index in [1.807, 2.05) is 18.2 Å². The first-order valence-electron chi connectivity index (χ1n) is 7.17. The van der Waals surface area contributed by atoms with Crippen LogP contribution in [-0.4, -0.2) is 4.57 Å². The Bertz CT molecular complexity index is 587. The number of aryl methyl sites for hydroxylation is 1. The molecule has 0 aliphatic heterocycles. The van der Waals surface area contributed by atoms with Crippen molar-refractivity contribution in [2.45, 2.75) is 46.8 Å². The monoisotopic (exact) mass is 290 g/mol. The second kappa shape index (κ2) is 6.47. The van der Waals surface area contributed by atoms with Crippen LogP contribution in [0.25, 0.3) is 0 Å². The highest BCUT2D eigenvalue weighted by Crippen LogP contribution is 2.19. The lowest BCUT2D eigenvalue weighted by Crippen LogP contribution is -2.18. The highest BCUT2D eigenvalue weighted by molar-refractivity contribution is 6.30. The number of hydrogen-bond acceptors (Lipinski definition) is 1. The highest BCUT2D eigenvalue weighted by Gasteiger charge is 2.10. The van der Waals surface area contributed by atoms with Gasteiger partial charge in [0.25, 0.3) is 0 Å². The molecule has 0 radical (unpaired) electrons. The van der Waals surface area contributed by atoms with Gasteiger partial charge < -0.3 is 9.88 Å². The molecule has 20 heavy (non-hydrogen) atoms. The SMILES string of the molecule is CCn1c(C)cc(CNC(C)c2cccc(Cl)c2)c1C. The summed E-state index contributed by atoms with van der Waals surface area (Å²) in [6, 6.07) is 10.6. The summed E-state index contributed by atoms with van der Waals surface area (Å²) in [4.78, 5) is 0. The third kappa shape index (κ3) is 3.25. The van der Waals surface area contributed by atoms with Crippen molar-refractivity contribution in [3.05, 3.63) is 57.9 Å². The van der Waals surface area contributed by atoms with Crippen LogP contribution in [0.3, 0.4) is 0 Å². The van der Waals surface area contributed by atoms with Gasteiger partial charge in [-0.25, -0.2) is 0 Å². The average molecular weight is 291 g/mol. The Kier molecular flexibility index (Phi) is 4.90. The maximum atomic E-state index is 6.04. The van der Waals surface area contributed by atoms with E-state index >= 15 is 0 Å². The maximum absolute atomic E-state index is 6.04. The summed E-state index contributed by atoms with van der Waals surface area (Å²) >= 11 is 6.04. The van der Waals surface area contributed by atoms with Gasteiger partial charge in [0.1, 0.15) is 0 Å². The fourth-order valence-electron chi connectivity index (χ4n) is 2.69. The van der Waals surface area contributed by atoms with E-state index in [0.29, 0.717) is 6.04 Å². The van der Waals surface area contributed by atoms with Crippen LogP contribution < -0.4 is 5.32 Å². The van der Waals surface area contributed by atoms with Crippen molar-refractivity contribution in [2.75, 3.05) is 0 Å². The first kappa shape index (κ1) is 15.1. The Hall–Kier alpha value is -1.25. The average Bonchev–Trinajstić information content (AvgIpc) is 2.70. The van der Waals surface area contributed by atoms with Gasteiger partial charge >= 0.3 is 0 Å². The Morgan fingerprint density at radius 3 is 2.60 bits per heavy atom. The van der Waals surface area contributed by atoms with Crippen molar-refractivity contribution in [1.29, 1.82) is 0 Å². The number of nitrogens with zero attached hydrogens (tertiary/aromatic N) is 1. The molecule has 0 saturated heterocycles. The number of hydrogen-bond donors (Lipinski definition) is 1. The summed E-state index contributed by atoms with van der Waals surface area (Å²) in [6.45, 7) is 10.6. The van der Waals surface area contributed by atoms with Gasteiger partial charge in [-0.3, -0.25) is 0 Å². The van der Waals surface area contributed by atoms with Crippen LogP contribution in [0.15, 0.2) is 30.3 Å². The van der Waals surface area contributed by atoms with Gasteiger partial charge in [-0.2, -0.15) is 0 Å². The van der Waals surface area contributed by atoms with Crippen LogP contribution in [0.5, 0.6) is 0 Å². The zero-order chi connectivity index (χ0) is 14.7. The molecule has 1 unspecified atom stereocenters. The van der Waals surface area contributed by atoms with E-state index < -0.39 is 0 Å². The van der Waals surface area contributed by atoms with E-state index in [2.05, 4.69) is 49.7 Å². The quantitative estimate of drug-likeness (QED) is 0.849. The van der Waals surface area contributed by atoms with Crippen molar-refractivity contribution in [3.8, 4) is 0 Å². The van der Waals surface area contributed by atoms with E-state index in [0.717, 1.165) is 18.1 Å². The first-order chi connectivity index (χ1) is 9.52. The van der Waals surface area contributed by atoms with Gasteiger partial charge in [-0.15, -0.1) is 0 Å². The van der Waals surface area contributed by atoms with E-state index in [1.54, 1.807) is 0 Å². The maximum Gasteiger partial charge on any atom is 0.0409 e. The zero-order valence-corrected chi connectivity index (χ0v) is 13.5. The van der Waals surface area contributed by atoms with Crippen LogP contribution in [0.4, 0.5) is 0 Å². The van der Waals surface area contributed by atoms with Crippen molar-refractivity contribution in [1.82, 2.24) is 9.88 Å². The molecule has 1 aromatic heterocycles. The summed E-state index contributed by atoms with van der Waals surface area (Å²) < 4.78 is 2.35. The minimum atomic E-state index is 0.290. The molecule has 2 rings (SSSR count). The lowest BCUT2D eigenvalue weighted by Gasteiger charge is -2.15. The van der Waals surface area contributed by atoms with Gasteiger partial charge in [0.2, 0.25) is 0 Å². The molecule has 0 fully saturated rings. The van der Waals surface area contributed by atoms with Crippen molar-refractivity contribution < 1.29 is 0 Å². The molecule has 0 aliphatic carbocycles. The molecule has 1 heterocycles. The largest absolute Gasteiger partial charge is 0.349 e. The van der Waals surface area contributed by atoms with Gasteiger partial charge in [0.05, 0.1) is 0 Å². The topological polar surface area (TPSA) is 17.0 Å². The Morgan fingerprint density at radius 1 is 1.25 bits per heavy atom. The normalized spacial score (nSPS) is 12.7. The van der Waals surface area contributed by atoms with Crippen molar-refractivity contribution >= 4 is 11.6 Å². The molecule has 0 spiro atoms. The van der Waals surface area contributed by atoms with Crippen LogP contribution in [0.1, 0.15) is 42.4 Å². The predicted octanol–water partition coefficient (Wildman–Crippen LogP) is 4.63. The van der Waals surface area contributed by atoms with Crippen LogP contribution in [-0.2, 0) is 13.1 Å². The van der Waals surface area contributed by atoms with Gasteiger partial charge in [0, 0.05) is 35.5 Å². The fraction of sp³-hybridized carbons (Fsp3) is 0.412. The molecule has 108 valence electrons. The minimum Gasteiger partial charge on any atom is -0.349 e. The first-order valence-corrected chi connectivity index (χ1v) is 7.55. The van der Waals surface area contributed by atoms with Crippen molar-refractivity contribution in [2.24, 2.45) is 0 Å². The van der Waals surface area contributed by atoms with Crippen LogP contribution in [0, 0.1) is 13.8 Å². The van der Waals surface area contributed by atoms with E-state index in [4.69, 9.17) is 11.6 Å². The number of aromatic nitrogens is 1. The Balaban J connectivity index is 2.05. The molecule has 1 atom stereocenters. The second-order valence-electron chi connectivity index (χ2n) is 5.30. The van der Waals surface area contributed by atoms with Crippen LogP contribution >= 0.6 is 11.6 Å². The summed E-state index contributed by atoms with van der Waals surface area (Å²) in [5, 5.41) is 4.37. The number of nitrogens with one attached hydrogen (secondary N) is 1. The molecule has 1 aromatic carbocycles. The van der Waals surface area contributed by atoms with Crippen LogP contribution in [0.2, 0.25) is 5.02 Å². The predicted molar refractivity (Wildman–Crippen MR) is 86.3 cm³/mol. The lowest BCUT2D eigenvalue weighted by atomic mass is 10.1. The smallest absolute Gasteiger partial charge is 0.0409 e. The van der Waals surface area contributed by atoms with Gasteiger partial charge in [0.15, 0.2) is 0 Å². The summed E-state index contributed by atoms with van der Waals surface area (Å²) in [5.74, 6) is 0. The van der Waals surface area contributed by atoms with Crippen molar-refractivity contribution in [3.63, 3.8) is 0 Å². The molecule has 2 nitrogen and oxygen atoms in total. The summed E-state index contributed by atoms with van der Waals surface area (Å²) in [6.07, 6.45) is 0. The Morgan fingerprint density at radius 2 is 2.00 bits per heavy atom. The Labute approximate surface area is 126 Å². The third-order valence-corrected chi connectivity index (χ3v) is 4.18. The molecule has 0 saturated carbocycles. The molecule has 0 aliphatic rings. The highest BCUT2D eigenvalue weighted by atomic mass is 35.5. The van der Waals surface area contributed by atoms with E-state index in [9.17, 15) is 0 Å². The third-order valence-electron chi connectivity index (χ3n) is 3.94. The number of halogens is 1. The molecule has 1 N–H and O–H groups in total. The zero-order valence-electron chi connectivity index (χ0n) is 12.7. The lowest BCUT2D eigenvalue weighted by molar-refractivity contribution is 0.571. The second-order valence-corrected chi connectivity index (χ2v) is 5.73. The molecule has 0 amide bonds. The number of rotatable bonds is 5. The molecule has 0 bridgehead atoms. The summed E-state index contributed by atoms with van der Waals surface area (Å²) in [5.41, 5.74) is 5.29. The minimum absolute atomic E-state index is 0.290. The standard InChI is InChI=1S/C17H23ClN2/c1-5-20-12(2)9-16(14(20)4)11-19-13(3)15-7-6-8-17(18)10-15/h6-10,13,19H,5,11H2,1-4H3. The fourth-order valence-corrected chi connectivity index (χ4v) is 2.89. The van der Waals surface area contributed by atoms with Gasteiger partial charge in [-0.05, 0) is 57.0 Å². The molecule has 3 heteroatoms. The summed E-state index contributed by atoms with van der Waals surface area (Å²) in [7, 11) is 0. The molecule has 2 aromatic rings. The molecular formula is C17H23ClN2. The van der Waals surface area contributed by atoms with Gasteiger partial charge in [-0.1, -0.05) is 23.7 Å². The molecular weight excluding hydrogens is 268 g/mol. The van der Waals surface area contributed by atoms with E-state index in [-0.39, 0.29) is 0 Å². The van der Waals surface area contributed by atoms with E-state index in [1.165, 1.54) is 22.5 Å². The number of benzene rings is 1.